The lowest BCUT2D eigenvalue weighted by molar-refractivity contribution is -0.202. The smallest absolute Gasteiger partial charge is 0.311 e. The van der Waals surface area contributed by atoms with Gasteiger partial charge in [0.2, 0.25) is 0 Å². The number of ether oxygens (including phenoxy) is 3. The number of hydrogen-bond donors (Lipinski definition) is 15. The van der Waals surface area contributed by atoms with Crippen LogP contribution in [0.2, 0.25) is 0 Å². The standard InChI is InChI=1S/C55H103N3O17.C7H8O3S/c1-7-8-19-43-49(69)33(3)22-23-38(61)17-11-16-37(60)18-12-20-44(66)34(4)26-47(73-54-51(71)50(70)48(31-59)74-54)46(68)30-42(65)29-41(64)28-40(63)27-39(62)15-10-9-14-32(2)25-35(5)52(75-53(43)72)36(6)45(67)21-13-24-58-55(56)57;1-6-2-4-7(5-3-6)11(8,9)10/h25-26,33,35-52,54,59-71H,7-24,27-31H2,1-6H3,(H4,56,57,58);2-5H,1H3,(H,8,9,10)/p-1/b32-25+,34-26+;/t33?,35?,36?,37?,38?,39?,40?,41?,42?,43?,44?,45?,46?,47?,48-,49?,50-,51+,52?,54+;/m1./s1. The van der Waals surface area contributed by atoms with E-state index in [0.29, 0.717) is 108 Å². The summed E-state index contributed by atoms with van der Waals surface area (Å²) in [6.07, 6.45) is -7.42. The zero-order chi connectivity index (χ0) is 64.8. The Labute approximate surface area is 511 Å². The number of esters is 1. The van der Waals surface area contributed by atoms with Gasteiger partial charge in [0.05, 0.1) is 78.5 Å². The summed E-state index contributed by atoms with van der Waals surface area (Å²) in [4.78, 5) is 18.1. The number of guanidine groups is 1. The number of unbranched alkanes of at least 4 members (excludes halogenated alkanes) is 1. The van der Waals surface area contributed by atoms with Gasteiger partial charge in [-0.1, -0.05) is 82.4 Å². The number of carbonyl (C=O) groups excluding carboxylic acids is 1. The van der Waals surface area contributed by atoms with Crippen molar-refractivity contribution < 1.29 is 98.4 Å². The number of benzene rings is 1. The van der Waals surface area contributed by atoms with E-state index in [4.69, 9.17) is 25.7 Å². The maximum atomic E-state index is 14.2. The molecule has 24 heteroatoms. The van der Waals surface area contributed by atoms with E-state index >= 15 is 0 Å². The van der Waals surface area contributed by atoms with Crippen LogP contribution in [0.5, 0.6) is 0 Å². The average Bonchev–Trinajstić information content (AvgIpc) is 3.32. The SMILES string of the molecule is CCCCC1C(=O)OC(C(C)C(O)CCCN=C(N)N)C(C)/C=C(\C)CCCCC(O)CC(O)CC(O)CC(O)CC(O)C(O[C@H]2O[C@H](CO)[C@@H](O)[C@@H]2O)/C=C(\C)C(O)CCCC(O)CCCC(O)CCC(C)C1O.Cc1ccc(S(=O)(=O)[O-])cc1. The van der Waals surface area contributed by atoms with Crippen molar-refractivity contribution >= 4 is 22.0 Å². The second kappa shape index (κ2) is 41.2. The maximum Gasteiger partial charge on any atom is 0.311 e. The fraction of sp³-hybridized carbons (Fsp3) is 0.806. The molecule has 20 atom stereocenters. The second-order valence-corrected chi connectivity index (χ2v) is 25.9. The number of carbonyl (C=O) groups is 1. The van der Waals surface area contributed by atoms with Crippen LogP contribution in [0.4, 0.5) is 0 Å². The van der Waals surface area contributed by atoms with Crippen LogP contribution in [-0.2, 0) is 29.1 Å². The molecule has 1 aromatic carbocycles. The Hall–Kier alpha value is -3.25. The first-order valence-electron chi connectivity index (χ1n) is 31.1. The van der Waals surface area contributed by atoms with E-state index in [-0.39, 0.29) is 54.8 Å². The summed E-state index contributed by atoms with van der Waals surface area (Å²) >= 11 is 0. The van der Waals surface area contributed by atoms with Crippen molar-refractivity contribution in [2.75, 3.05) is 13.2 Å². The second-order valence-electron chi connectivity index (χ2n) is 24.5. The number of aliphatic hydroxyl groups is 13. The summed E-state index contributed by atoms with van der Waals surface area (Å²) in [6.45, 7) is 12.7. The predicted molar refractivity (Wildman–Crippen MR) is 324 cm³/mol. The van der Waals surface area contributed by atoms with Crippen LogP contribution in [-0.4, -0.2) is 202 Å². The molecule has 3 rings (SSSR count). The molecule has 2 heterocycles. The third-order valence-electron chi connectivity index (χ3n) is 16.5. The van der Waals surface area contributed by atoms with Gasteiger partial charge in [0.1, 0.15) is 40.6 Å². The van der Waals surface area contributed by atoms with Gasteiger partial charge >= 0.3 is 5.97 Å². The first kappa shape index (κ1) is 78.8. The summed E-state index contributed by atoms with van der Waals surface area (Å²) in [7, 11) is -4.27. The van der Waals surface area contributed by atoms with Crippen molar-refractivity contribution in [1.29, 1.82) is 0 Å². The van der Waals surface area contributed by atoms with Crippen LogP contribution in [0.1, 0.15) is 182 Å². The number of allylic oxidation sites excluding steroid dienone is 1. The lowest BCUT2D eigenvalue weighted by atomic mass is 9.84. The Kier molecular flexibility index (Phi) is 37.8. The van der Waals surface area contributed by atoms with Gasteiger partial charge in [0, 0.05) is 24.8 Å². The molecule has 0 aromatic heterocycles. The monoisotopic (exact) mass is 1250 g/mol. The first-order chi connectivity index (χ1) is 40.4. The molecule has 0 radical (unpaired) electrons. The van der Waals surface area contributed by atoms with Gasteiger partial charge in [-0.2, -0.15) is 0 Å². The van der Waals surface area contributed by atoms with E-state index in [1.54, 1.807) is 19.1 Å². The number of aliphatic imine (C=N–C) groups is 1. The molecule has 500 valence electrons. The van der Waals surface area contributed by atoms with Gasteiger partial charge < -0.3 is 96.6 Å². The molecule has 17 N–H and O–H groups in total. The van der Waals surface area contributed by atoms with Crippen molar-refractivity contribution in [3.05, 3.63) is 53.1 Å². The van der Waals surface area contributed by atoms with Crippen molar-refractivity contribution in [1.82, 2.24) is 0 Å². The fourth-order valence-corrected chi connectivity index (χ4v) is 11.5. The highest BCUT2D eigenvalue weighted by Crippen LogP contribution is 2.32. The van der Waals surface area contributed by atoms with Crippen LogP contribution in [0, 0.1) is 30.6 Å². The average molecular weight is 1250 g/mol. The van der Waals surface area contributed by atoms with E-state index in [2.05, 4.69) is 4.99 Å². The van der Waals surface area contributed by atoms with Crippen LogP contribution in [0.25, 0.3) is 0 Å². The number of nitrogens with two attached hydrogens (primary N) is 2. The normalized spacial score (nSPS) is 35.2. The minimum atomic E-state index is -4.27. The summed E-state index contributed by atoms with van der Waals surface area (Å²) < 4.78 is 48.9. The van der Waals surface area contributed by atoms with E-state index in [9.17, 15) is 84.1 Å². The van der Waals surface area contributed by atoms with Gasteiger partial charge in [0.15, 0.2) is 12.2 Å². The zero-order valence-corrected chi connectivity index (χ0v) is 52.8. The van der Waals surface area contributed by atoms with Crippen molar-refractivity contribution in [3.8, 4) is 0 Å². The minimum Gasteiger partial charge on any atom is -0.744 e. The number of rotatable bonds is 13. The highest BCUT2D eigenvalue weighted by molar-refractivity contribution is 7.85. The zero-order valence-electron chi connectivity index (χ0n) is 52.0. The molecule has 0 aliphatic carbocycles. The minimum absolute atomic E-state index is 0.0266. The van der Waals surface area contributed by atoms with Gasteiger partial charge in [-0.3, -0.25) is 9.79 Å². The Morgan fingerprint density at radius 1 is 0.733 bits per heavy atom. The van der Waals surface area contributed by atoms with E-state index < -0.39 is 132 Å². The van der Waals surface area contributed by atoms with E-state index in [1.807, 2.05) is 47.6 Å². The molecule has 86 heavy (non-hydrogen) atoms. The summed E-state index contributed by atoms with van der Waals surface area (Å²) in [5, 5.41) is 141. The molecule has 23 nitrogen and oxygen atoms in total. The van der Waals surface area contributed by atoms with Crippen molar-refractivity contribution in [2.24, 2.45) is 40.1 Å². The summed E-state index contributed by atoms with van der Waals surface area (Å²) in [6, 6.07) is 5.78. The molecule has 0 saturated carbocycles. The van der Waals surface area contributed by atoms with Gasteiger partial charge in [-0.25, -0.2) is 8.42 Å². The van der Waals surface area contributed by atoms with Crippen LogP contribution >= 0.6 is 0 Å². The quantitative estimate of drug-likeness (QED) is 0.0337. The van der Waals surface area contributed by atoms with Crippen LogP contribution < -0.4 is 11.5 Å². The molecule has 1 fully saturated rings. The Bertz CT molecular complexity index is 2220. The number of aryl methyl sites for hydroxylation is 1. The number of cyclic esters (lactones) is 1. The van der Waals surface area contributed by atoms with Crippen LogP contribution in [0.15, 0.2) is 57.5 Å². The van der Waals surface area contributed by atoms with E-state index in [1.165, 1.54) is 18.2 Å². The predicted octanol–water partition coefficient (Wildman–Crippen LogP) is 3.15. The molecule has 2 aliphatic heterocycles. The Balaban J connectivity index is 0.00000205. The van der Waals surface area contributed by atoms with Gasteiger partial charge in [0.25, 0.3) is 0 Å². The summed E-state index contributed by atoms with van der Waals surface area (Å²) in [5.41, 5.74) is 13.3. The first-order valence-corrected chi connectivity index (χ1v) is 32.5. The molecule has 0 spiro atoms. The highest BCUT2D eigenvalue weighted by Gasteiger charge is 2.45. The van der Waals surface area contributed by atoms with Crippen molar-refractivity contribution in [3.63, 3.8) is 0 Å². The molecular formula is C62H110N3O20S-. The largest absolute Gasteiger partial charge is 0.744 e. The molecule has 1 saturated heterocycles. The maximum absolute atomic E-state index is 14.2. The molecule has 0 amide bonds. The Morgan fingerprint density at radius 2 is 1.30 bits per heavy atom. The lowest BCUT2D eigenvalue weighted by Gasteiger charge is -2.34. The third-order valence-corrected chi connectivity index (χ3v) is 17.4. The number of nitrogens with zero attached hydrogens (tertiary/aromatic N) is 1. The van der Waals surface area contributed by atoms with Crippen molar-refractivity contribution in [2.45, 2.75) is 286 Å². The molecule has 2 aliphatic rings. The van der Waals surface area contributed by atoms with Gasteiger partial charge in [-0.15, -0.1) is 0 Å². The molecular weight excluding hydrogens is 1140 g/mol. The summed E-state index contributed by atoms with van der Waals surface area (Å²) in [5.74, 6) is -2.64. The molecule has 16 unspecified atom stereocenters. The molecule has 1 aromatic rings. The third kappa shape index (κ3) is 30.5. The number of hydrogen-bond acceptors (Lipinski definition) is 21. The number of aliphatic hydroxyl groups excluding tert-OH is 13. The topological polar surface area (TPSA) is 429 Å². The van der Waals surface area contributed by atoms with Gasteiger partial charge in [-0.05, 0) is 154 Å². The van der Waals surface area contributed by atoms with Crippen LogP contribution in [0.3, 0.4) is 0 Å². The fourth-order valence-electron chi connectivity index (χ4n) is 11.1. The lowest BCUT2D eigenvalue weighted by Crippen LogP contribution is -2.42. The van der Waals surface area contributed by atoms with E-state index in [0.717, 1.165) is 17.6 Å². The molecule has 0 bridgehead atoms. The Morgan fingerprint density at radius 3 is 1.87 bits per heavy atom. The highest BCUT2D eigenvalue weighted by atomic mass is 32.2.